The highest BCUT2D eigenvalue weighted by atomic mass is 79.9. The van der Waals surface area contributed by atoms with Crippen LogP contribution in [0.1, 0.15) is 5.56 Å². The maximum absolute atomic E-state index is 12.9. The van der Waals surface area contributed by atoms with Crippen molar-refractivity contribution in [3.05, 3.63) is 64.1 Å². The van der Waals surface area contributed by atoms with Crippen molar-refractivity contribution in [1.29, 1.82) is 0 Å². The zero-order chi connectivity index (χ0) is 18.0. The number of nitrogens with one attached hydrogen (secondary N) is 1. The Hall–Kier alpha value is -1.96. The largest absolute Gasteiger partial charge is 0.298 e. The van der Waals surface area contributed by atoms with Crippen LogP contribution in [0.25, 0.3) is 6.08 Å². The van der Waals surface area contributed by atoms with Gasteiger partial charge in [-0.05, 0) is 66.5 Å². The fraction of sp³-hybridized carbons (Fsp3) is 0.0556. The first-order valence-corrected chi connectivity index (χ1v) is 9.73. The Morgan fingerprint density at radius 3 is 2.32 bits per heavy atom. The molecular formula is C18H13BrN2O2S2. The predicted molar refractivity (Wildman–Crippen MR) is 109 cm³/mol. The number of anilines is 1. The first kappa shape index (κ1) is 17.8. The number of halogens is 1. The van der Waals surface area contributed by atoms with Crippen molar-refractivity contribution in [2.24, 2.45) is 0 Å². The Labute approximate surface area is 163 Å². The molecular weight excluding hydrogens is 420 g/mol. The summed E-state index contributed by atoms with van der Waals surface area (Å²) < 4.78 is 0.889. The van der Waals surface area contributed by atoms with E-state index in [1.165, 1.54) is 4.90 Å². The Morgan fingerprint density at radius 2 is 1.72 bits per heavy atom. The maximum Gasteiger partial charge on any atom is 0.270 e. The average molecular weight is 433 g/mol. The number of thioether (sulfide) groups is 1. The minimum atomic E-state index is -0.489. The van der Waals surface area contributed by atoms with Crippen molar-refractivity contribution in [3.8, 4) is 0 Å². The molecule has 1 aliphatic heterocycles. The third-order valence-corrected chi connectivity index (χ3v) is 5.17. The molecule has 0 spiro atoms. The van der Waals surface area contributed by atoms with E-state index in [-0.39, 0.29) is 10.7 Å². The molecule has 25 heavy (non-hydrogen) atoms. The highest BCUT2D eigenvalue weighted by Crippen LogP contribution is 2.24. The zero-order valence-corrected chi connectivity index (χ0v) is 16.4. The van der Waals surface area contributed by atoms with Crippen molar-refractivity contribution in [3.63, 3.8) is 0 Å². The quantitative estimate of drug-likeness (QED) is 0.344. The molecule has 2 amide bonds. The summed E-state index contributed by atoms with van der Waals surface area (Å²) in [7, 11) is 0. The summed E-state index contributed by atoms with van der Waals surface area (Å²) in [5, 5.41) is 2.66. The lowest BCUT2D eigenvalue weighted by atomic mass is 10.1. The normalized spacial score (nSPS) is 16.3. The minimum absolute atomic E-state index is 0.0495. The number of amides is 2. The number of nitrogens with zero attached hydrogens (tertiary/aromatic N) is 1. The van der Waals surface area contributed by atoms with E-state index in [0.29, 0.717) is 5.69 Å². The van der Waals surface area contributed by atoms with E-state index >= 15 is 0 Å². The molecule has 126 valence electrons. The van der Waals surface area contributed by atoms with Crippen LogP contribution in [-0.4, -0.2) is 23.2 Å². The van der Waals surface area contributed by atoms with Crippen LogP contribution in [0.3, 0.4) is 0 Å². The average Bonchev–Trinajstić information content (AvgIpc) is 2.60. The number of carbonyl (C=O) groups excluding carboxylic acids is 2. The molecule has 3 rings (SSSR count). The molecule has 1 aliphatic rings. The third-order valence-electron chi connectivity index (χ3n) is 3.61. The van der Waals surface area contributed by atoms with E-state index in [1.54, 1.807) is 30.0 Å². The van der Waals surface area contributed by atoms with Crippen LogP contribution in [0, 0.1) is 0 Å². The second kappa shape index (κ2) is 7.51. The summed E-state index contributed by atoms with van der Waals surface area (Å²) in [6.07, 6.45) is 3.57. The number of hydrogen-bond donors (Lipinski definition) is 1. The van der Waals surface area contributed by atoms with Gasteiger partial charge in [0.1, 0.15) is 5.57 Å². The van der Waals surface area contributed by atoms with Crippen molar-refractivity contribution < 1.29 is 9.59 Å². The smallest absolute Gasteiger partial charge is 0.270 e. The van der Waals surface area contributed by atoms with E-state index in [9.17, 15) is 9.59 Å². The molecule has 7 heteroatoms. The van der Waals surface area contributed by atoms with Gasteiger partial charge in [0.2, 0.25) is 0 Å². The van der Waals surface area contributed by atoms with Crippen LogP contribution in [-0.2, 0) is 9.59 Å². The van der Waals surface area contributed by atoms with Crippen molar-refractivity contribution in [2.45, 2.75) is 4.90 Å². The van der Waals surface area contributed by atoms with Crippen LogP contribution < -0.4 is 10.2 Å². The van der Waals surface area contributed by atoms with Crippen LogP contribution in [0.15, 0.2) is 63.5 Å². The topological polar surface area (TPSA) is 49.4 Å². The van der Waals surface area contributed by atoms with Gasteiger partial charge in [0, 0.05) is 9.37 Å². The Balaban J connectivity index is 1.97. The molecule has 4 nitrogen and oxygen atoms in total. The number of thiocarbonyl (C=S) groups is 1. The SMILES string of the molecule is CSc1ccc(C=C2C(=O)NC(=S)N(c3ccc(Br)cc3)C2=O)cc1. The Kier molecular flexibility index (Phi) is 5.36. The highest BCUT2D eigenvalue weighted by Gasteiger charge is 2.34. The number of hydrogen-bond acceptors (Lipinski definition) is 4. The predicted octanol–water partition coefficient (Wildman–Crippen LogP) is 4.00. The summed E-state index contributed by atoms with van der Waals surface area (Å²) in [5.74, 6) is -0.928. The molecule has 0 radical (unpaired) electrons. The van der Waals surface area contributed by atoms with Crippen LogP contribution in [0.2, 0.25) is 0 Å². The first-order valence-electron chi connectivity index (χ1n) is 7.30. The van der Waals surface area contributed by atoms with Crippen LogP contribution in [0.4, 0.5) is 5.69 Å². The molecule has 2 aromatic carbocycles. The minimum Gasteiger partial charge on any atom is -0.298 e. The van der Waals surface area contributed by atoms with Gasteiger partial charge in [-0.25, -0.2) is 0 Å². The Bertz CT molecular complexity index is 877. The van der Waals surface area contributed by atoms with Gasteiger partial charge in [0.15, 0.2) is 5.11 Å². The van der Waals surface area contributed by atoms with E-state index < -0.39 is 11.8 Å². The van der Waals surface area contributed by atoms with Gasteiger partial charge in [-0.2, -0.15) is 0 Å². The molecule has 1 fully saturated rings. The number of carbonyl (C=O) groups is 2. The molecule has 0 aliphatic carbocycles. The van der Waals surface area contributed by atoms with Crippen LogP contribution >= 0.6 is 39.9 Å². The summed E-state index contributed by atoms with van der Waals surface area (Å²) in [5.41, 5.74) is 1.43. The molecule has 0 atom stereocenters. The summed E-state index contributed by atoms with van der Waals surface area (Å²) in [6, 6.07) is 14.8. The van der Waals surface area contributed by atoms with Gasteiger partial charge in [0.05, 0.1) is 5.69 Å². The van der Waals surface area contributed by atoms with E-state index in [4.69, 9.17) is 12.2 Å². The molecule has 0 saturated carbocycles. The van der Waals surface area contributed by atoms with Crippen LogP contribution in [0.5, 0.6) is 0 Å². The summed E-state index contributed by atoms with van der Waals surface area (Å²) in [4.78, 5) is 27.5. The summed E-state index contributed by atoms with van der Waals surface area (Å²) in [6.45, 7) is 0. The van der Waals surface area contributed by atoms with Crippen molar-refractivity contribution in [1.82, 2.24) is 5.32 Å². The van der Waals surface area contributed by atoms with Gasteiger partial charge in [0.25, 0.3) is 11.8 Å². The lowest BCUT2D eigenvalue weighted by molar-refractivity contribution is -0.122. The fourth-order valence-corrected chi connectivity index (χ4v) is 3.30. The van der Waals surface area contributed by atoms with Gasteiger partial charge in [-0.15, -0.1) is 11.8 Å². The lowest BCUT2D eigenvalue weighted by Crippen LogP contribution is -2.54. The third kappa shape index (κ3) is 3.84. The second-order valence-corrected chi connectivity index (χ2v) is 7.39. The Morgan fingerprint density at radius 1 is 1.08 bits per heavy atom. The molecule has 1 saturated heterocycles. The maximum atomic E-state index is 12.9. The molecule has 0 unspecified atom stereocenters. The van der Waals surface area contributed by atoms with E-state index in [2.05, 4.69) is 21.2 Å². The van der Waals surface area contributed by atoms with E-state index in [1.807, 2.05) is 42.7 Å². The zero-order valence-electron chi connectivity index (χ0n) is 13.2. The van der Waals surface area contributed by atoms with Crippen molar-refractivity contribution in [2.75, 3.05) is 11.2 Å². The van der Waals surface area contributed by atoms with Gasteiger partial charge in [-0.3, -0.25) is 19.8 Å². The second-order valence-electron chi connectivity index (χ2n) is 5.21. The molecule has 1 heterocycles. The fourth-order valence-electron chi connectivity index (χ4n) is 2.35. The molecule has 1 N–H and O–H groups in total. The lowest BCUT2D eigenvalue weighted by Gasteiger charge is -2.29. The number of rotatable bonds is 3. The van der Waals surface area contributed by atoms with Gasteiger partial charge in [-0.1, -0.05) is 28.1 Å². The monoisotopic (exact) mass is 432 g/mol. The molecule has 2 aromatic rings. The van der Waals surface area contributed by atoms with Crippen molar-refractivity contribution >= 4 is 68.6 Å². The first-order chi connectivity index (χ1) is 12.0. The molecule has 0 bridgehead atoms. The van der Waals surface area contributed by atoms with Gasteiger partial charge < -0.3 is 0 Å². The summed E-state index contributed by atoms with van der Waals surface area (Å²) >= 11 is 10.2. The standard InChI is InChI=1S/C18H13BrN2O2S2/c1-25-14-8-2-11(3-9-14)10-15-16(22)20-18(24)21(17(15)23)13-6-4-12(19)5-7-13/h2-10H,1H3,(H,20,22,24). The van der Waals surface area contributed by atoms with E-state index in [0.717, 1.165) is 14.9 Å². The number of benzene rings is 2. The van der Waals surface area contributed by atoms with Gasteiger partial charge >= 0.3 is 0 Å². The molecule has 0 aromatic heterocycles. The highest BCUT2D eigenvalue weighted by molar-refractivity contribution is 9.10.